The molecule has 0 aliphatic carbocycles. The van der Waals surface area contributed by atoms with Crippen LogP contribution in [0.5, 0.6) is 5.75 Å². The third-order valence-corrected chi connectivity index (χ3v) is 5.90. The molecule has 0 saturated carbocycles. The van der Waals surface area contributed by atoms with E-state index < -0.39 is 10.0 Å². The van der Waals surface area contributed by atoms with Crippen LogP contribution in [0.4, 0.5) is 0 Å². The number of benzene rings is 1. The maximum atomic E-state index is 13.0. The summed E-state index contributed by atoms with van der Waals surface area (Å²) in [6.07, 6.45) is 1.53. The Hall–Kier alpha value is -1.99. The molecule has 23 heavy (non-hydrogen) atoms. The maximum absolute atomic E-state index is 13.0. The first kappa shape index (κ1) is 15.9. The highest BCUT2D eigenvalue weighted by atomic mass is 35.5. The molecule has 6 nitrogen and oxygen atoms in total. The summed E-state index contributed by atoms with van der Waals surface area (Å²) in [5.41, 5.74) is 1.56. The van der Waals surface area contributed by atoms with Gasteiger partial charge in [-0.2, -0.15) is 0 Å². The molecule has 1 aromatic carbocycles. The van der Waals surface area contributed by atoms with E-state index >= 15 is 0 Å². The van der Waals surface area contributed by atoms with Gasteiger partial charge in [0.05, 0.1) is 12.6 Å². The van der Waals surface area contributed by atoms with Crippen LogP contribution in [0.2, 0.25) is 0 Å². The molecular formula is C15H15ClN2O4S. The monoisotopic (exact) mass is 354 g/mol. The van der Waals surface area contributed by atoms with Crippen molar-refractivity contribution in [3.05, 3.63) is 41.4 Å². The van der Waals surface area contributed by atoms with Gasteiger partial charge >= 0.3 is 0 Å². The highest BCUT2D eigenvalue weighted by molar-refractivity contribution is 7.90. The van der Waals surface area contributed by atoms with Gasteiger partial charge < -0.3 is 9.26 Å². The molecule has 0 fully saturated rings. The lowest BCUT2D eigenvalue weighted by Crippen LogP contribution is -2.13. The topological polar surface area (TPSA) is 74.3 Å². The fraction of sp³-hybridized carbons (Fsp3) is 0.267. The van der Waals surface area contributed by atoms with Gasteiger partial charge in [-0.15, -0.1) is 11.6 Å². The molecular weight excluding hydrogens is 340 g/mol. The van der Waals surface area contributed by atoms with E-state index in [4.69, 9.17) is 20.9 Å². The number of nitrogens with zero attached hydrogens (tertiary/aromatic N) is 2. The average molecular weight is 355 g/mol. The summed E-state index contributed by atoms with van der Waals surface area (Å²) in [6.45, 7) is 3.17. The molecule has 0 saturated heterocycles. The fourth-order valence-electron chi connectivity index (χ4n) is 2.62. The quantitative estimate of drug-likeness (QED) is 0.672. The first-order valence-corrected chi connectivity index (χ1v) is 8.80. The summed E-state index contributed by atoms with van der Waals surface area (Å²) < 4.78 is 37.5. The van der Waals surface area contributed by atoms with Gasteiger partial charge in [0.1, 0.15) is 11.4 Å². The van der Waals surface area contributed by atoms with Crippen molar-refractivity contribution in [1.29, 1.82) is 0 Å². The smallest absolute Gasteiger partial charge is 0.273 e. The summed E-state index contributed by atoms with van der Waals surface area (Å²) in [5, 5.41) is 4.46. The molecule has 0 atom stereocenters. The zero-order valence-corrected chi connectivity index (χ0v) is 14.4. The molecule has 8 heteroatoms. The van der Waals surface area contributed by atoms with Crippen LogP contribution in [0.3, 0.4) is 0 Å². The van der Waals surface area contributed by atoms with E-state index in [1.807, 2.05) is 0 Å². The third-order valence-electron chi connectivity index (χ3n) is 3.69. The highest BCUT2D eigenvalue weighted by Gasteiger charge is 2.28. The maximum Gasteiger partial charge on any atom is 0.273 e. The van der Waals surface area contributed by atoms with Crippen LogP contribution in [-0.4, -0.2) is 24.7 Å². The van der Waals surface area contributed by atoms with Crippen LogP contribution in [0.15, 0.2) is 33.8 Å². The van der Waals surface area contributed by atoms with Gasteiger partial charge in [-0.25, -0.2) is 12.4 Å². The van der Waals surface area contributed by atoms with E-state index in [-0.39, 0.29) is 16.5 Å². The standard InChI is InChI=1S/C15H15ClN2O4S/c1-9-15(10(2)22-17-9)23(19,20)18-8-11(7-16)13-6-12(21-3)4-5-14(13)18/h4-6,8H,7H2,1-3H3. The van der Waals surface area contributed by atoms with Gasteiger partial charge in [-0.05, 0) is 37.6 Å². The summed E-state index contributed by atoms with van der Waals surface area (Å²) in [4.78, 5) is 0.0753. The molecule has 0 radical (unpaired) electrons. The first-order valence-electron chi connectivity index (χ1n) is 6.82. The Morgan fingerprint density at radius 3 is 2.65 bits per heavy atom. The van der Waals surface area contributed by atoms with Crippen molar-refractivity contribution in [3.63, 3.8) is 0 Å². The predicted octanol–water partition coefficient (Wildman–Crippen LogP) is 3.23. The average Bonchev–Trinajstić information content (AvgIpc) is 3.07. The van der Waals surface area contributed by atoms with Crippen LogP contribution >= 0.6 is 11.6 Å². The van der Waals surface area contributed by atoms with Crippen molar-refractivity contribution in [1.82, 2.24) is 9.13 Å². The van der Waals surface area contributed by atoms with E-state index in [1.54, 1.807) is 39.2 Å². The Morgan fingerprint density at radius 1 is 1.35 bits per heavy atom. The van der Waals surface area contributed by atoms with E-state index in [0.29, 0.717) is 22.5 Å². The largest absolute Gasteiger partial charge is 0.497 e. The van der Waals surface area contributed by atoms with Crippen molar-refractivity contribution in [2.24, 2.45) is 0 Å². The Balaban J connectivity index is 2.32. The number of rotatable bonds is 4. The van der Waals surface area contributed by atoms with Gasteiger partial charge in [0.15, 0.2) is 10.7 Å². The molecule has 3 rings (SSSR count). The summed E-state index contributed by atoms with van der Waals surface area (Å²) >= 11 is 5.97. The summed E-state index contributed by atoms with van der Waals surface area (Å²) in [7, 11) is -2.28. The number of aryl methyl sites for hydroxylation is 2. The van der Waals surface area contributed by atoms with Crippen molar-refractivity contribution >= 4 is 32.5 Å². The second kappa shape index (κ2) is 5.58. The SMILES string of the molecule is COc1ccc2c(c1)c(CCl)cn2S(=O)(=O)c1c(C)noc1C. The van der Waals surface area contributed by atoms with Crippen LogP contribution in [0, 0.1) is 13.8 Å². The molecule has 0 N–H and O–H groups in total. The fourth-order valence-corrected chi connectivity index (χ4v) is 4.52. The lowest BCUT2D eigenvalue weighted by Gasteiger charge is -2.07. The zero-order valence-electron chi connectivity index (χ0n) is 12.8. The number of halogens is 1. The molecule has 0 unspecified atom stereocenters. The molecule has 0 aliphatic rings. The number of fused-ring (bicyclic) bond motifs is 1. The minimum absolute atomic E-state index is 0.0753. The molecule has 2 heterocycles. The van der Waals surface area contributed by atoms with Gasteiger partial charge in [0.25, 0.3) is 10.0 Å². The molecule has 0 spiro atoms. The third kappa shape index (κ3) is 2.40. The predicted molar refractivity (Wildman–Crippen MR) is 86.6 cm³/mol. The molecule has 0 bridgehead atoms. The Morgan fingerprint density at radius 2 is 2.09 bits per heavy atom. The molecule has 0 aliphatic heterocycles. The van der Waals surface area contributed by atoms with E-state index in [2.05, 4.69) is 5.16 Å². The minimum Gasteiger partial charge on any atom is -0.497 e. The van der Waals surface area contributed by atoms with Crippen molar-refractivity contribution in [2.45, 2.75) is 24.6 Å². The number of alkyl halides is 1. The second-order valence-electron chi connectivity index (χ2n) is 5.13. The number of methoxy groups -OCH3 is 1. The lowest BCUT2D eigenvalue weighted by molar-refractivity contribution is 0.390. The van der Waals surface area contributed by atoms with Crippen molar-refractivity contribution in [3.8, 4) is 5.75 Å². The lowest BCUT2D eigenvalue weighted by atomic mass is 10.2. The van der Waals surface area contributed by atoms with Crippen molar-refractivity contribution < 1.29 is 17.7 Å². The van der Waals surface area contributed by atoms with Gasteiger partial charge in [-0.1, -0.05) is 5.16 Å². The molecule has 3 aromatic rings. The van der Waals surface area contributed by atoms with Crippen molar-refractivity contribution in [2.75, 3.05) is 7.11 Å². The first-order chi connectivity index (χ1) is 10.9. The summed E-state index contributed by atoms with van der Waals surface area (Å²) in [5.74, 6) is 1.08. The number of hydrogen-bond acceptors (Lipinski definition) is 5. The zero-order chi connectivity index (χ0) is 16.8. The number of aromatic nitrogens is 2. The number of hydrogen-bond donors (Lipinski definition) is 0. The van der Waals surface area contributed by atoms with E-state index in [9.17, 15) is 8.42 Å². The van der Waals surface area contributed by atoms with Gasteiger partial charge in [0, 0.05) is 17.5 Å². The second-order valence-corrected chi connectivity index (χ2v) is 7.14. The van der Waals surface area contributed by atoms with E-state index in [0.717, 1.165) is 5.39 Å². The number of ether oxygens (including phenoxy) is 1. The van der Waals surface area contributed by atoms with Gasteiger partial charge in [0.2, 0.25) is 0 Å². The van der Waals surface area contributed by atoms with Crippen LogP contribution < -0.4 is 4.74 Å². The minimum atomic E-state index is -3.83. The summed E-state index contributed by atoms with van der Waals surface area (Å²) in [6, 6.07) is 5.17. The van der Waals surface area contributed by atoms with Gasteiger partial charge in [-0.3, -0.25) is 0 Å². The van der Waals surface area contributed by atoms with Crippen LogP contribution in [-0.2, 0) is 15.9 Å². The van der Waals surface area contributed by atoms with Crippen LogP contribution in [0.1, 0.15) is 17.0 Å². The van der Waals surface area contributed by atoms with E-state index in [1.165, 1.54) is 10.2 Å². The molecule has 122 valence electrons. The Bertz CT molecular complexity index is 969. The highest BCUT2D eigenvalue weighted by Crippen LogP contribution is 2.31. The Labute approximate surface area is 138 Å². The van der Waals surface area contributed by atoms with Crippen LogP contribution in [0.25, 0.3) is 10.9 Å². The molecule has 0 amide bonds. The molecule has 2 aromatic heterocycles. The Kier molecular flexibility index (Phi) is 3.85. The normalized spacial score (nSPS) is 12.0.